The van der Waals surface area contributed by atoms with Crippen LogP contribution in [0.1, 0.15) is 69.2 Å². The van der Waals surface area contributed by atoms with Crippen molar-refractivity contribution in [2.24, 2.45) is 34.5 Å². The maximum absolute atomic E-state index is 13.2. The topological polar surface area (TPSA) is 20.3 Å². The fraction of sp³-hybridized carbons (Fsp3) is 0.947. The van der Waals surface area contributed by atoms with Crippen molar-refractivity contribution in [3.63, 3.8) is 0 Å². The molecule has 124 valence electrons. The van der Waals surface area contributed by atoms with Crippen LogP contribution in [0.15, 0.2) is 0 Å². The molecule has 0 bridgehead atoms. The highest BCUT2D eigenvalue weighted by atomic mass is 16.2. The standard InChI is InChI=1S/C19H37NO/c1-12(2)14-15(13(3)4)17(5,6)18(7,8)19(9,10)20(11)16(14)21/h12-15H,1-11H3. The first-order valence-corrected chi connectivity index (χ1v) is 8.49. The van der Waals surface area contributed by atoms with Crippen LogP contribution >= 0.6 is 0 Å². The van der Waals surface area contributed by atoms with E-state index < -0.39 is 0 Å². The van der Waals surface area contributed by atoms with Gasteiger partial charge in [-0.1, -0.05) is 55.4 Å². The molecule has 0 radical (unpaired) electrons. The summed E-state index contributed by atoms with van der Waals surface area (Å²) in [5.74, 6) is 1.69. The molecule has 1 amide bonds. The van der Waals surface area contributed by atoms with Gasteiger partial charge < -0.3 is 4.90 Å². The van der Waals surface area contributed by atoms with Crippen molar-refractivity contribution in [2.75, 3.05) is 7.05 Å². The van der Waals surface area contributed by atoms with Crippen LogP contribution in [-0.4, -0.2) is 23.4 Å². The lowest BCUT2D eigenvalue weighted by Gasteiger charge is -2.56. The smallest absolute Gasteiger partial charge is 0.226 e. The summed E-state index contributed by atoms with van der Waals surface area (Å²) in [5, 5.41) is 0. The first-order valence-electron chi connectivity index (χ1n) is 8.49. The fourth-order valence-electron chi connectivity index (χ4n) is 4.67. The zero-order valence-electron chi connectivity index (χ0n) is 16.2. The molecule has 0 aliphatic carbocycles. The van der Waals surface area contributed by atoms with E-state index >= 15 is 0 Å². The Morgan fingerprint density at radius 1 is 0.905 bits per heavy atom. The quantitative estimate of drug-likeness (QED) is 0.714. The minimum absolute atomic E-state index is 0.0307. The first-order chi connectivity index (χ1) is 9.21. The average Bonchev–Trinajstić information content (AvgIpc) is 2.33. The van der Waals surface area contributed by atoms with Crippen LogP contribution in [0.3, 0.4) is 0 Å². The van der Waals surface area contributed by atoms with E-state index in [1.54, 1.807) is 0 Å². The van der Waals surface area contributed by atoms with Gasteiger partial charge in [0.05, 0.1) is 0 Å². The van der Waals surface area contributed by atoms with E-state index in [-0.39, 0.29) is 22.3 Å². The lowest BCUT2D eigenvalue weighted by molar-refractivity contribution is -0.143. The van der Waals surface area contributed by atoms with Gasteiger partial charge in [0.1, 0.15) is 0 Å². The zero-order valence-corrected chi connectivity index (χ0v) is 16.2. The molecule has 1 fully saturated rings. The Balaban J connectivity index is 3.65. The molecule has 1 saturated heterocycles. The second-order valence-corrected chi connectivity index (χ2v) is 9.34. The van der Waals surface area contributed by atoms with Crippen LogP contribution in [0.2, 0.25) is 0 Å². The minimum atomic E-state index is -0.162. The molecule has 1 heterocycles. The third-order valence-corrected chi connectivity index (χ3v) is 7.25. The van der Waals surface area contributed by atoms with Crippen molar-refractivity contribution in [2.45, 2.75) is 74.8 Å². The number of rotatable bonds is 2. The molecule has 0 spiro atoms. The summed E-state index contributed by atoms with van der Waals surface area (Å²) in [6.45, 7) is 22.9. The highest BCUT2D eigenvalue weighted by Crippen LogP contribution is 2.59. The van der Waals surface area contributed by atoms with Crippen LogP contribution in [0.4, 0.5) is 0 Å². The largest absolute Gasteiger partial charge is 0.340 e. The Labute approximate surface area is 132 Å². The van der Waals surface area contributed by atoms with Crippen molar-refractivity contribution < 1.29 is 4.79 Å². The summed E-state index contributed by atoms with van der Waals surface area (Å²) in [6.07, 6.45) is 0. The van der Waals surface area contributed by atoms with Gasteiger partial charge >= 0.3 is 0 Å². The molecule has 0 saturated carbocycles. The number of carbonyl (C=O) groups excluding carboxylic acids is 1. The molecule has 0 aromatic heterocycles. The molecule has 2 unspecified atom stereocenters. The molecule has 21 heavy (non-hydrogen) atoms. The number of carbonyl (C=O) groups is 1. The van der Waals surface area contributed by atoms with Gasteiger partial charge in [-0.15, -0.1) is 0 Å². The summed E-state index contributed by atoms with van der Waals surface area (Å²) < 4.78 is 0. The van der Waals surface area contributed by atoms with Gasteiger partial charge in [0.2, 0.25) is 5.91 Å². The Kier molecular flexibility index (Phi) is 4.66. The molecule has 0 aromatic carbocycles. The number of hydrogen-bond acceptors (Lipinski definition) is 1. The molecule has 0 N–H and O–H groups in total. The molecule has 2 nitrogen and oxygen atoms in total. The van der Waals surface area contributed by atoms with Gasteiger partial charge in [0, 0.05) is 18.5 Å². The molecule has 2 atom stereocenters. The lowest BCUT2D eigenvalue weighted by atomic mass is 9.50. The van der Waals surface area contributed by atoms with Crippen molar-refractivity contribution in [3.8, 4) is 0 Å². The highest BCUT2D eigenvalue weighted by molar-refractivity contribution is 5.80. The summed E-state index contributed by atoms with van der Waals surface area (Å²) in [6, 6.07) is 0. The Hall–Kier alpha value is -0.530. The Bertz CT molecular complexity index is 404. The van der Waals surface area contributed by atoms with E-state index in [1.807, 2.05) is 11.9 Å². The summed E-state index contributed by atoms with van der Waals surface area (Å²) in [5.41, 5.74) is -0.0482. The van der Waals surface area contributed by atoms with Crippen LogP contribution in [0, 0.1) is 34.5 Å². The van der Waals surface area contributed by atoms with Gasteiger partial charge in [-0.2, -0.15) is 0 Å². The number of likely N-dealkylation sites (tertiary alicyclic amines) is 1. The normalized spacial score (nSPS) is 31.7. The Morgan fingerprint density at radius 2 is 1.33 bits per heavy atom. The van der Waals surface area contributed by atoms with Gasteiger partial charge in [-0.05, 0) is 42.4 Å². The molecular formula is C19H37NO. The maximum atomic E-state index is 13.2. The van der Waals surface area contributed by atoms with Crippen molar-refractivity contribution in [1.29, 1.82) is 0 Å². The van der Waals surface area contributed by atoms with Gasteiger partial charge in [0.15, 0.2) is 0 Å². The van der Waals surface area contributed by atoms with Crippen LogP contribution in [-0.2, 0) is 4.79 Å². The predicted molar refractivity (Wildman–Crippen MR) is 91.1 cm³/mol. The minimum Gasteiger partial charge on any atom is -0.340 e. The average molecular weight is 296 g/mol. The molecule has 0 aromatic rings. The Morgan fingerprint density at radius 3 is 1.67 bits per heavy atom. The monoisotopic (exact) mass is 295 g/mol. The first kappa shape index (κ1) is 18.5. The van der Waals surface area contributed by atoms with E-state index in [1.165, 1.54) is 0 Å². The van der Waals surface area contributed by atoms with E-state index in [2.05, 4.69) is 69.2 Å². The highest BCUT2D eigenvalue weighted by Gasteiger charge is 2.60. The van der Waals surface area contributed by atoms with E-state index in [0.717, 1.165) is 0 Å². The molecule has 2 heteroatoms. The van der Waals surface area contributed by atoms with E-state index in [0.29, 0.717) is 23.7 Å². The van der Waals surface area contributed by atoms with Crippen LogP contribution in [0.25, 0.3) is 0 Å². The van der Waals surface area contributed by atoms with Crippen molar-refractivity contribution in [1.82, 2.24) is 4.90 Å². The molecule has 1 aliphatic heterocycles. The second-order valence-electron chi connectivity index (χ2n) is 9.34. The number of nitrogens with zero attached hydrogens (tertiary/aromatic N) is 1. The molecular weight excluding hydrogens is 258 g/mol. The third kappa shape index (κ3) is 2.43. The second kappa shape index (κ2) is 5.28. The van der Waals surface area contributed by atoms with Gasteiger partial charge in [-0.3, -0.25) is 4.79 Å². The SMILES string of the molecule is CC(C)C1C(=O)N(C)C(C)(C)C(C)(C)C(C)(C)C1C(C)C. The predicted octanol–water partition coefficient (Wildman–Crippen LogP) is 4.83. The zero-order chi connectivity index (χ0) is 17.0. The van der Waals surface area contributed by atoms with Crippen molar-refractivity contribution >= 4 is 5.91 Å². The fourth-order valence-corrected chi connectivity index (χ4v) is 4.67. The van der Waals surface area contributed by atoms with E-state index in [4.69, 9.17) is 0 Å². The summed E-state index contributed by atoms with van der Waals surface area (Å²) in [4.78, 5) is 15.2. The van der Waals surface area contributed by atoms with Crippen LogP contribution in [0.5, 0.6) is 0 Å². The maximum Gasteiger partial charge on any atom is 0.226 e. The third-order valence-electron chi connectivity index (χ3n) is 7.25. The molecule has 1 aliphatic rings. The summed E-state index contributed by atoms with van der Waals surface area (Å²) in [7, 11) is 2.00. The van der Waals surface area contributed by atoms with Crippen molar-refractivity contribution in [3.05, 3.63) is 0 Å². The lowest BCUT2D eigenvalue weighted by Crippen LogP contribution is -2.58. The van der Waals surface area contributed by atoms with Gasteiger partial charge in [-0.25, -0.2) is 0 Å². The number of hydrogen-bond donors (Lipinski definition) is 0. The summed E-state index contributed by atoms with van der Waals surface area (Å²) >= 11 is 0. The van der Waals surface area contributed by atoms with E-state index in [9.17, 15) is 4.79 Å². The van der Waals surface area contributed by atoms with Gasteiger partial charge in [0.25, 0.3) is 0 Å². The van der Waals surface area contributed by atoms with Crippen LogP contribution < -0.4 is 0 Å². The molecule has 1 rings (SSSR count). The number of amides is 1.